The van der Waals surface area contributed by atoms with Crippen molar-refractivity contribution in [3.63, 3.8) is 0 Å². The van der Waals surface area contributed by atoms with Gasteiger partial charge in [0.2, 0.25) is 5.95 Å². The van der Waals surface area contributed by atoms with Crippen LogP contribution < -0.4 is 10.6 Å². The molecule has 8 heteroatoms. The number of hydrogen-bond acceptors (Lipinski definition) is 4. The van der Waals surface area contributed by atoms with Crippen molar-refractivity contribution in [1.29, 1.82) is 0 Å². The molecule has 0 aliphatic carbocycles. The van der Waals surface area contributed by atoms with Crippen LogP contribution in [0.2, 0.25) is 0 Å². The molecule has 0 aromatic carbocycles. The Kier molecular flexibility index (Phi) is 2.76. The topological polar surface area (TPSA) is 54.8 Å². The summed E-state index contributed by atoms with van der Waals surface area (Å²) in [6, 6.07) is 0. The van der Waals surface area contributed by atoms with Crippen LogP contribution in [0.25, 0.3) is 0 Å². The fourth-order valence-corrected chi connectivity index (χ4v) is 2.22. The number of rotatable bonds is 2. The third-order valence-corrected chi connectivity index (χ3v) is 3.22. The molecule has 1 aromatic heterocycles. The van der Waals surface area contributed by atoms with Gasteiger partial charge in [0.15, 0.2) is 5.82 Å². The van der Waals surface area contributed by atoms with Crippen molar-refractivity contribution in [2.45, 2.75) is 18.0 Å². The van der Waals surface area contributed by atoms with Crippen molar-refractivity contribution in [3.05, 3.63) is 5.82 Å². The van der Waals surface area contributed by atoms with Crippen molar-refractivity contribution >= 4 is 5.95 Å². The maximum absolute atomic E-state index is 13.3. The second-order valence-corrected chi connectivity index (χ2v) is 4.16. The number of anilines is 1. The quantitative estimate of drug-likeness (QED) is 0.808. The van der Waals surface area contributed by atoms with Gasteiger partial charge in [0.05, 0.1) is 0 Å². The van der Waals surface area contributed by atoms with Crippen LogP contribution in [-0.4, -0.2) is 41.1 Å². The fraction of sp³-hybridized carbons (Fsp3) is 0.778. The molecular weight excluding hydrogens is 235 g/mol. The van der Waals surface area contributed by atoms with Crippen LogP contribution in [0, 0.1) is 0 Å². The lowest BCUT2D eigenvalue weighted by Crippen LogP contribution is -2.46. The van der Waals surface area contributed by atoms with E-state index in [0.29, 0.717) is 12.5 Å². The van der Waals surface area contributed by atoms with E-state index >= 15 is 0 Å². The summed E-state index contributed by atoms with van der Waals surface area (Å²) in [5, 5.41) is 12.9. The van der Waals surface area contributed by atoms with Crippen molar-refractivity contribution in [2.75, 3.05) is 25.5 Å². The Morgan fingerprint density at radius 3 is 2.53 bits per heavy atom. The average Bonchev–Trinajstić information content (AvgIpc) is 2.83. The van der Waals surface area contributed by atoms with Gasteiger partial charge in [0.1, 0.15) is 5.41 Å². The molecule has 5 nitrogen and oxygen atoms in total. The van der Waals surface area contributed by atoms with Gasteiger partial charge in [-0.05, 0) is 13.0 Å². The third kappa shape index (κ3) is 1.67. The molecule has 2 rings (SSSR count). The summed E-state index contributed by atoms with van der Waals surface area (Å²) in [5.74, 6) is 0.287. The molecular formula is C9H14F3N5. The second kappa shape index (κ2) is 3.86. The zero-order valence-electron chi connectivity index (χ0n) is 9.60. The first-order chi connectivity index (χ1) is 7.92. The Morgan fingerprint density at radius 2 is 2.12 bits per heavy atom. The second-order valence-electron chi connectivity index (χ2n) is 4.16. The van der Waals surface area contributed by atoms with Gasteiger partial charge < -0.3 is 10.6 Å². The predicted molar refractivity (Wildman–Crippen MR) is 55.8 cm³/mol. The van der Waals surface area contributed by atoms with Crippen molar-refractivity contribution < 1.29 is 13.2 Å². The number of alkyl halides is 3. The highest BCUT2D eigenvalue weighted by molar-refractivity contribution is 5.29. The standard InChI is InChI=1S/C9H14F3N5/c1-13-7-16-15-6(17(7)2)8(9(10,11)12)3-4-14-5-8/h14H,3-5H2,1-2H3,(H,13,16). The molecule has 1 aromatic rings. The Morgan fingerprint density at radius 1 is 1.41 bits per heavy atom. The molecule has 1 aliphatic rings. The lowest BCUT2D eigenvalue weighted by Gasteiger charge is -2.29. The number of halogens is 3. The molecule has 17 heavy (non-hydrogen) atoms. The van der Waals surface area contributed by atoms with Gasteiger partial charge in [-0.25, -0.2) is 0 Å². The SMILES string of the molecule is CNc1nnc(C2(C(F)(F)F)CCNC2)n1C. The van der Waals surface area contributed by atoms with Gasteiger partial charge in [-0.15, -0.1) is 10.2 Å². The van der Waals surface area contributed by atoms with Crippen LogP contribution in [0.5, 0.6) is 0 Å². The summed E-state index contributed by atoms with van der Waals surface area (Å²) in [6.07, 6.45) is -4.34. The molecule has 1 saturated heterocycles. The van der Waals surface area contributed by atoms with E-state index in [4.69, 9.17) is 0 Å². The minimum Gasteiger partial charge on any atom is -0.357 e. The minimum absolute atomic E-state index is 0.00775. The Bertz CT molecular complexity index is 405. The van der Waals surface area contributed by atoms with E-state index in [9.17, 15) is 13.2 Å². The van der Waals surface area contributed by atoms with Crippen LogP contribution in [-0.2, 0) is 12.5 Å². The summed E-state index contributed by atoms with van der Waals surface area (Å²) < 4.78 is 41.1. The zero-order chi connectivity index (χ0) is 12.7. The summed E-state index contributed by atoms with van der Waals surface area (Å²) in [4.78, 5) is 0. The number of aromatic nitrogens is 3. The molecule has 96 valence electrons. The molecule has 0 bridgehead atoms. The third-order valence-electron chi connectivity index (χ3n) is 3.22. The van der Waals surface area contributed by atoms with Gasteiger partial charge in [-0.1, -0.05) is 0 Å². The lowest BCUT2D eigenvalue weighted by atomic mass is 9.85. The molecule has 1 unspecified atom stereocenters. The number of hydrogen-bond donors (Lipinski definition) is 2. The minimum atomic E-state index is -4.33. The molecule has 2 N–H and O–H groups in total. The van der Waals surface area contributed by atoms with Crippen molar-refractivity contribution in [2.24, 2.45) is 7.05 Å². The predicted octanol–water partition coefficient (Wildman–Crippen LogP) is 0.650. The van der Waals surface area contributed by atoms with E-state index in [2.05, 4.69) is 20.8 Å². The van der Waals surface area contributed by atoms with Gasteiger partial charge >= 0.3 is 6.18 Å². The van der Waals surface area contributed by atoms with E-state index in [0.717, 1.165) is 0 Å². The van der Waals surface area contributed by atoms with E-state index in [-0.39, 0.29) is 18.8 Å². The largest absolute Gasteiger partial charge is 0.402 e. The van der Waals surface area contributed by atoms with Crippen molar-refractivity contribution in [3.8, 4) is 0 Å². The van der Waals surface area contributed by atoms with Gasteiger partial charge in [-0.3, -0.25) is 4.57 Å². The maximum atomic E-state index is 13.3. The molecule has 0 amide bonds. The molecule has 0 radical (unpaired) electrons. The van der Waals surface area contributed by atoms with Crippen LogP contribution >= 0.6 is 0 Å². The molecule has 1 aliphatic heterocycles. The van der Waals surface area contributed by atoms with Crippen LogP contribution in [0.15, 0.2) is 0 Å². The molecule has 2 heterocycles. The fourth-order valence-electron chi connectivity index (χ4n) is 2.22. The first-order valence-electron chi connectivity index (χ1n) is 5.27. The maximum Gasteiger partial charge on any atom is 0.402 e. The van der Waals surface area contributed by atoms with E-state index in [1.54, 1.807) is 7.05 Å². The van der Waals surface area contributed by atoms with Gasteiger partial charge in [-0.2, -0.15) is 13.2 Å². The zero-order valence-corrected chi connectivity index (χ0v) is 9.60. The van der Waals surface area contributed by atoms with Gasteiger partial charge in [0.25, 0.3) is 0 Å². The highest BCUT2D eigenvalue weighted by atomic mass is 19.4. The van der Waals surface area contributed by atoms with Crippen LogP contribution in [0.4, 0.5) is 19.1 Å². The van der Waals surface area contributed by atoms with Crippen molar-refractivity contribution in [1.82, 2.24) is 20.1 Å². The Hall–Kier alpha value is -1.31. The van der Waals surface area contributed by atoms with E-state index in [1.165, 1.54) is 11.6 Å². The average molecular weight is 249 g/mol. The highest BCUT2D eigenvalue weighted by Gasteiger charge is 2.60. The molecule has 0 saturated carbocycles. The first kappa shape index (κ1) is 12.2. The first-order valence-corrected chi connectivity index (χ1v) is 5.27. The molecule has 1 fully saturated rings. The Labute approximate surface area is 96.4 Å². The summed E-state index contributed by atoms with van der Waals surface area (Å²) in [7, 11) is 3.13. The summed E-state index contributed by atoms with van der Waals surface area (Å²) >= 11 is 0. The number of nitrogens with one attached hydrogen (secondary N) is 2. The van der Waals surface area contributed by atoms with E-state index < -0.39 is 11.6 Å². The monoisotopic (exact) mass is 249 g/mol. The smallest absolute Gasteiger partial charge is 0.357 e. The number of nitrogens with zero attached hydrogens (tertiary/aromatic N) is 3. The van der Waals surface area contributed by atoms with Crippen LogP contribution in [0.3, 0.4) is 0 Å². The highest BCUT2D eigenvalue weighted by Crippen LogP contribution is 2.44. The lowest BCUT2D eigenvalue weighted by molar-refractivity contribution is -0.187. The Balaban J connectivity index is 2.50. The summed E-state index contributed by atoms with van der Waals surface area (Å²) in [6.45, 7) is 0.188. The molecule has 1 atom stereocenters. The van der Waals surface area contributed by atoms with Crippen LogP contribution in [0.1, 0.15) is 12.2 Å². The molecule has 0 spiro atoms. The normalized spacial score (nSPS) is 25.2. The van der Waals surface area contributed by atoms with Gasteiger partial charge in [0, 0.05) is 20.6 Å². The summed E-state index contributed by atoms with van der Waals surface area (Å²) in [5.41, 5.74) is -1.93. The van der Waals surface area contributed by atoms with E-state index in [1.807, 2.05) is 0 Å².